The van der Waals surface area contributed by atoms with Crippen molar-refractivity contribution in [3.8, 4) is 5.88 Å². The number of aliphatic imine (C=N–C) groups is 1. The zero-order valence-corrected chi connectivity index (χ0v) is 17.1. The summed E-state index contributed by atoms with van der Waals surface area (Å²) in [6.07, 6.45) is 2.99. The van der Waals surface area contributed by atoms with Crippen LogP contribution in [0.1, 0.15) is 44.6 Å². The Kier molecular flexibility index (Phi) is 9.00. The molecule has 1 aliphatic carbocycles. The van der Waals surface area contributed by atoms with E-state index in [1.807, 2.05) is 6.92 Å². The molecule has 0 aromatic carbocycles. The molecule has 0 spiro atoms. The SMILES string of the molecule is CCNC(=NCc1ccc(OCC(F)(F)F)nc1)NCC1(CCOC)CCCC1. The predicted molar refractivity (Wildman–Crippen MR) is 106 cm³/mol. The second kappa shape index (κ2) is 11.2. The van der Waals surface area contributed by atoms with Crippen LogP contribution in [0.15, 0.2) is 23.3 Å². The minimum absolute atomic E-state index is 0.0543. The number of hydrogen-bond donors (Lipinski definition) is 2. The van der Waals surface area contributed by atoms with Crippen molar-refractivity contribution >= 4 is 5.96 Å². The van der Waals surface area contributed by atoms with Gasteiger partial charge in [0, 0.05) is 39.1 Å². The molecule has 1 aromatic rings. The highest BCUT2D eigenvalue weighted by atomic mass is 19.4. The number of ether oxygens (including phenoxy) is 2. The van der Waals surface area contributed by atoms with Gasteiger partial charge in [0.15, 0.2) is 12.6 Å². The Labute approximate surface area is 170 Å². The number of alkyl halides is 3. The lowest BCUT2D eigenvalue weighted by atomic mass is 9.83. The minimum Gasteiger partial charge on any atom is -0.468 e. The van der Waals surface area contributed by atoms with Gasteiger partial charge in [0.2, 0.25) is 5.88 Å². The summed E-state index contributed by atoms with van der Waals surface area (Å²) in [6, 6.07) is 3.10. The van der Waals surface area contributed by atoms with Crippen molar-refractivity contribution in [2.24, 2.45) is 10.4 Å². The number of hydrogen-bond acceptors (Lipinski definition) is 4. The van der Waals surface area contributed by atoms with E-state index in [1.54, 1.807) is 13.2 Å². The molecule has 0 unspecified atom stereocenters. The average molecular weight is 416 g/mol. The van der Waals surface area contributed by atoms with Gasteiger partial charge >= 0.3 is 6.18 Å². The van der Waals surface area contributed by atoms with E-state index in [2.05, 4.69) is 25.3 Å². The molecular weight excluding hydrogens is 385 g/mol. The van der Waals surface area contributed by atoms with Crippen LogP contribution in [0.3, 0.4) is 0 Å². The lowest BCUT2D eigenvalue weighted by molar-refractivity contribution is -0.154. The molecule has 0 radical (unpaired) electrons. The molecule has 6 nitrogen and oxygen atoms in total. The quantitative estimate of drug-likeness (QED) is 0.450. The largest absolute Gasteiger partial charge is 0.468 e. The van der Waals surface area contributed by atoms with Crippen LogP contribution in [0.5, 0.6) is 5.88 Å². The van der Waals surface area contributed by atoms with Crippen molar-refractivity contribution in [1.82, 2.24) is 15.6 Å². The maximum Gasteiger partial charge on any atom is 0.422 e. The van der Waals surface area contributed by atoms with Gasteiger partial charge in [0.25, 0.3) is 0 Å². The molecule has 2 rings (SSSR count). The van der Waals surface area contributed by atoms with Crippen LogP contribution < -0.4 is 15.4 Å². The Morgan fingerprint density at radius 3 is 2.59 bits per heavy atom. The fourth-order valence-corrected chi connectivity index (χ4v) is 3.49. The van der Waals surface area contributed by atoms with Gasteiger partial charge in [-0.2, -0.15) is 13.2 Å². The highest BCUT2D eigenvalue weighted by molar-refractivity contribution is 5.79. The molecule has 29 heavy (non-hydrogen) atoms. The summed E-state index contributed by atoms with van der Waals surface area (Å²) in [5.41, 5.74) is 1.03. The van der Waals surface area contributed by atoms with Crippen LogP contribution in [0, 0.1) is 5.41 Å². The summed E-state index contributed by atoms with van der Waals surface area (Å²) < 4.78 is 46.5. The van der Waals surface area contributed by atoms with E-state index >= 15 is 0 Å². The predicted octanol–water partition coefficient (Wildman–Crippen LogP) is 3.67. The highest BCUT2D eigenvalue weighted by Crippen LogP contribution is 2.40. The molecule has 1 heterocycles. The van der Waals surface area contributed by atoms with E-state index in [-0.39, 0.29) is 11.3 Å². The third kappa shape index (κ3) is 8.47. The summed E-state index contributed by atoms with van der Waals surface area (Å²) in [4.78, 5) is 8.49. The number of aromatic nitrogens is 1. The van der Waals surface area contributed by atoms with Gasteiger partial charge in [-0.15, -0.1) is 0 Å². The fourth-order valence-electron chi connectivity index (χ4n) is 3.49. The van der Waals surface area contributed by atoms with Gasteiger partial charge in [0.05, 0.1) is 6.54 Å². The Bertz CT molecular complexity index is 630. The number of pyridine rings is 1. The molecule has 0 aliphatic heterocycles. The molecule has 9 heteroatoms. The average Bonchev–Trinajstić information content (AvgIpc) is 3.16. The molecule has 164 valence electrons. The summed E-state index contributed by atoms with van der Waals surface area (Å²) in [6.45, 7) is 3.35. The van der Waals surface area contributed by atoms with Gasteiger partial charge in [0.1, 0.15) is 0 Å². The number of guanidine groups is 1. The molecule has 2 N–H and O–H groups in total. The lowest BCUT2D eigenvalue weighted by Crippen LogP contribution is -2.43. The number of halogens is 3. The van der Waals surface area contributed by atoms with Crippen LogP contribution in [-0.2, 0) is 11.3 Å². The van der Waals surface area contributed by atoms with Crippen molar-refractivity contribution in [3.63, 3.8) is 0 Å². The topological polar surface area (TPSA) is 67.8 Å². The third-order valence-electron chi connectivity index (χ3n) is 5.08. The Balaban J connectivity index is 1.91. The first kappa shape index (κ1) is 23.3. The smallest absolute Gasteiger partial charge is 0.422 e. The second-order valence-corrected chi connectivity index (χ2v) is 7.41. The van der Waals surface area contributed by atoms with Gasteiger partial charge in [-0.05, 0) is 37.2 Å². The van der Waals surface area contributed by atoms with Crippen molar-refractivity contribution in [3.05, 3.63) is 23.9 Å². The molecule has 0 saturated heterocycles. The molecule has 0 bridgehead atoms. The van der Waals surface area contributed by atoms with Crippen LogP contribution in [0.4, 0.5) is 13.2 Å². The highest BCUT2D eigenvalue weighted by Gasteiger charge is 2.33. The summed E-state index contributed by atoms with van der Waals surface area (Å²) in [5.74, 6) is 0.662. The van der Waals surface area contributed by atoms with Crippen LogP contribution in [-0.4, -0.2) is 50.5 Å². The van der Waals surface area contributed by atoms with E-state index in [1.165, 1.54) is 37.9 Å². The Morgan fingerprint density at radius 2 is 2.00 bits per heavy atom. The zero-order valence-electron chi connectivity index (χ0n) is 17.1. The first-order chi connectivity index (χ1) is 13.9. The first-order valence-corrected chi connectivity index (χ1v) is 10.0. The molecule has 0 amide bonds. The zero-order chi connectivity index (χ0) is 21.2. The summed E-state index contributed by atoms with van der Waals surface area (Å²) in [7, 11) is 1.73. The van der Waals surface area contributed by atoms with Gasteiger partial charge < -0.3 is 20.1 Å². The number of methoxy groups -OCH3 is 1. The standard InChI is InChI=1S/C20H31F3N4O2/c1-3-24-18(27-14-19(10-11-28-2)8-4-5-9-19)26-13-16-6-7-17(25-12-16)29-15-20(21,22)23/h6-7,12H,3-5,8-11,13-15H2,1-2H3,(H2,24,26,27). The molecule has 1 aromatic heterocycles. The number of nitrogens with one attached hydrogen (secondary N) is 2. The van der Waals surface area contributed by atoms with Crippen molar-refractivity contribution in [2.75, 3.05) is 33.4 Å². The molecule has 1 aliphatic rings. The molecule has 1 saturated carbocycles. The van der Waals surface area contributed by atoms with Gasteiger partial charge in [-0.25, -0.2) is 9.98 Å². The third-order valence-corrected chi connectivity index (χ3v) is 5.08. The fraction of sp³-hybridized carbons (Fsp3) is 0.700. The van der Waals surface area contributed by atoms with Crippen molar-refractivity contribution in [2.45, 2.75) is 51.7 Å². The number of rotatable bonds is 10. The normalized spacial score (nSPS) is 16.7. The second-order valence-electron chi connectivity index (χ2n) is 7.41. The van der Waals surface area contributed by atoms with E-state index < -0.39 is 12.8 Å². The van der Waals surface area contributed by atoms with E-state index in [0.29, 0.717) is 12.5 Å². The van der Waals surface area contributed by atoms with Crippen LogP contribution in [0.2, 0.25) is 0 Å². The first-order valence-electron chi connectivity index (χ1n) is 10.0. The van der Waals surface area contributed by atoms with Crippen LogP contribution in [0.25, 0.3) is 0 Å². The number of nitrogens with zero attached hydrogens (tertiary/aromatic N) is 2. The Hall–Kier alpha value is -2.03. The summed E-state index contributed by atoms with van der Waals surface area (Å²) in [5, 5.41) is 6.68. The van der Waals surface area contributed by atoms with E-state index in [0.717, 1.165) is 31.7 Å². The maximum atomic E-state index is 12.2. The minimum atomic E-state index is -4.38. The Morgan fingerprint density at radius 1 is 1.24 bits per heavy atom. The monoisotopic (exact) mass is 416 g/mol. The molecule has 0 atom stereocenters. The van der Waals surface area contributed by atoms with Gasteiger partial charge in [-0.3, -0.25) is 0 Å². The summed E-state index contributed by atoms with van der Waals surface area (Å²) >= 11 is 0. The maximum absolute atomic E-state index is 12.2. The van der Waals surface area contributed by atoms with Crippen molar-refractivity contribution < 1.29 is 22.6 Å². The lowest BCUT2D eigenvalue weighted by Gasteiger charge is -2.30. The van der Waals surface area contributed by atoms with Crippen molar-refractivity contribution in [1.29, 1.82) is 0 Å². The van der Waals surface area contributed by atoms with Gasteiger partial charge in [-0.1, -0.05) is 18.9 Å². The van der Waals surface area contributed by atoms with E-state index in [4.69, 9.17) is 4.74 Å². The molecular formula is C20H31F3N4O2. The molecule has 1 fully saturated rings. The van der Waals surface area contributed by atoms with E-state index in [9.17, 15) is 13.2 Å². The van der Waals surface area contributed by atoms with Crippen LogP contribution >= 0.6 is 0 Å².